The van der Waals surface area contributed by atoms with Crippen LogP contribution in [0, 0.1) is 6.92 Å². The molecule has 3 rings (SSSR count). The van der Waals surface area contributed by atoms with Crippen molar-refractivity contribution in [1.29, 1.82) is 0 Å². The van der Waals surface area contributed by atoms with Gasteiger partial charge in [0, 0.05) is 23.2 Å². The molecule has 0 amide bonds. The molecule has 6 nitrogen and oxygen atoms in total. The second-order valence-corrected chi connectivity index (χ2v) is 4.09. The second-order valence-electron chi connectivity index (χ2n) is 4.09. The van der Waals surface area contributed by atoms with E-state index in [0.29, 0.717) is 16.9 Å². The zero-order chi connectivity index (χ0) is 12.7. The fourth-order valence-electron chi connectivity index (χ4n) is 2.17. The molecule has 0 saturated carbocycles. The summed E-state index contributed by atoms with van der Waals surface area (Å²) in [4.78, 5) is 3.13. The lowest BCUT2D eigenvalue weighted by Gasteiger charge is -1.98. The van der Waals surface area contributed by atoms with Crippen LogP contribution in [0.15, 0.2) is 22.8 Å². The van der Waals surface area contributed by atoms with Gasteiger partial charge in [0.05, 0.1) is 5.52 Å². The van der Waals surface area contributed by atoms with Crippen molar-refractivity contribution in [2.45, 2.75) is 13.5 Å². The number of fused-ring (bicyclic) bond motifs is 1. The Balaban J connectivity index is 2.36. The first-order chi connectivity index (χ1) is 8.72. The first-order valence-electron chi connectivity index (χ1n) is 5.54. The summed E-state index contributed by atoms with van der Waals surface area (Å²) in [5.41, 5.74) is 9.25. The van der Waals surface area contributed by atoms with Crippen LogP contribution in [0.25, 0.3) is 22.2 Å². The van der Waals surface area contributed by atoms with Gasteiger partial charge < -0.3 is 15.8 Å². The number of aryl methyl sites for hydroxylation is 1. The standard InChI is InChI=1S/C12H12N4O2/c1-6-10(12-8(5-13)15-18-16-12)7-3-2-4-9(17)11(7)14-6/h2-4,14,17H,5,13H2,1H3. The molecule has 18 heavy (non-hydrogen) atoms. The van der Waals surface area contributed by atoms with E-state index in [9.17, 15) is 5.11 Å². The van der Waals surface area contributed by atoms with Gasteiger partial charge in [-0.1, -0.05) is 17.3 Å². The van der Waals surface area contributed by atoms with Crippen LogP contribution in [0.1, 0.15) is 11.4 Å². The molecule has 6 heteroatoms. The van der Waals surface area contributed by atoms with Crippen molar-refractivity contribution in [2.24, 2.45) is 5.73 Å². The van der Waals surface area contributed by atoms with Crippen LogP contribution < -0.4 is 5.73 Å². The van der Waals surface area contributed by atoms with E-state index in [0.717, 1.165) is 16.6 Å². The van der Waals surface area contributed by atoms with E-state index in [1.807, 2.05) is 13.0 Å². The van der Waals surface area contributed by atoms with Gasteiger partial charge in [-0.15, -0.1) is 0 Å². The van der Waals surface area contributed by atoms with Crippen molar-refractivity contribution in [3.8, 4) is 17.0 Å². The summed E-state index contributed by atoms with van der Waals surface area (Å²) < 4.78 is 4.74. The van der Waals surface area contributed by atoms with E-state index < -0.39 is 0 Å². The topological polar surface area (TPSA) is 101 Å². The predicted molar refractivity (Wildman–Crippen MR) is 65.9 cm³/mol. The molecule has 0 bridgehead atoms. The number of phenolic OH excluding ortho intramolecular Hbond substituents is 1. The molecule has 0 fully saturated rings. The Morgan fingerprint density at radius 2 is 2.22 bits per heavy atom. The maximum atomic E-state index is 9.82. The first-order valence-corrected chi connectivity index (χ1v) is 5.54. The van der Waals surface area contributed by atoms with Crippen LogP contribution in [-0.4, -0.2) is 20.4 Å². The van der Waals surface area contributed by atoms with E-state index in [4.69, 9.17) is 10.4 Å². The second kappa shape index (κ2) is 3.85. The van der Waals surface area contributed by atoms with Crippen LogP contribution >= 0.6 is 0 Å². The normalized spacial score (nSPS) is 11.2. The average Bonchev–Trinajstić information content (AvgIpc) is 2.93. The molecule has 0 aliphatic carbocycles. The first kappa shape index (κ1) is 10.8. The van der Waals surface area contributed by atoms with Gasteiger partial charge in [0.1, 0.15) is 17.1 Å². The quantitative estimate of drug-likeness (QED) is 0.636. The smallest absolute Gasteiger partial charge is 0.142 e. The molecule has 2 heterocycles. The van der Waals surface area contributed by atoms with Crippen molar-refractivity contribution in [2.75, 3.05) is 0 Å². The summed E-state index contributed by atoms with van der Waals surface area (Å²) in [6, 6.07) is 5.32. The molecule has 92 valence electrons. The van der Waals surface area contributed by atoms with Gasteiger partial charge in [0.25, 0.3) is 0 Å². The van der Waals surface area contributed by atoms with Crippen molar-refractivity contribution in [1.82, 2.24) is 15.3 Å². The van der Waals surface area contributed by atoms with Crippen molar-refractivity contribution in [3.63, 3.8) is 0 Å². The van der Waals surface area contributed by atoms with E-state index in [-0.39, 0.29) is 12.3 Å². The Hall–Kier alpha value is -2.34. The highest BCUT2D eigenvalue weighted by atomic mass is 16.6. The largest absolute Gasteiger partial charge is 0.506 e. The summed E-state index contributed by atoms with van der Waals surface area (Å²) in [7, 11) is 0. The number of phenols is 1. The van der Waals surface area contributed by atoms with Crippen molar-refractivity contribution in [3.05, 3.63) is 29.6 Å². The highest BCUT2D eigenvalue weighted by molar-refractivity contribution is 5.99. The number of hydrogen-bond acceptors (Lipinski definition) is 5. The van der Waals surface area contributed by atoms with Crippen LogP contribution in [-0.2, 0) is 6.54 Å². The highest BCUT2D eigenvalue weighted by Gasteiger charge is 2.19. The number of para-hydroxylation sites is 1. The highest BCUT2D eigenvalue weighted by Crippen LogP contribution is 2.35. The lowest BCUT2D eigenvalue weighted by Crippen LogP contribution is -1.98. The molecule has 1 aromatic carbocycles. The summed E-state index contributed by atoms with van der Waals surface area (Å²) in [5.74, 6) is 0.201. The molecule has 0 atom stereocenters. The number of nitrogens with zero attached hydrogens (tertiary/aromatic N) is 2. The van der Waals surface area contributed by atoms with E-state index in [2.05, 4.69) is 15.3 Å². The lowest BCUT2D eigenvalue weighted by molar-refractivity contribution is 0.304. The Labute approximate surface area is 102 Å². The van der Waals surface area contributed by atoms with Crippen LogP contribution in [0.3, 0.4) is 0 Å². The summed E-state index contributed by atoms with van der Waals surface area (Å²) >= 11 is 0. The predicted octanol–water partition coefficient (Wildman–Crippen LogP) is 1.69. The van der Waals surface area contributed by atoms with Crippen LogP contribution in [0.2, 0.25) is 0 Å². The Morgan fingerprint density at radius 1 is 1.39 bits per heavy atom. The molecule has 0 aliphatic heterocycles. The minimum absolute atomic E-state index is 0.201. The third-order valence-electron chi connectivity index (χ3n) is 2.99. The van der Waals surface area contributed by atoms with E-state index in [1.54, 1.807) is 12.1 Å². The summed E-state index contributed by atoms with van der Waals surface area (Å²) in [6.45, 7) is 2.16. The van der Waals surface area contributed by atoms with E-state index >= 15 is 0 Å². The van der Waals surface area contributed by atoms with Gasteiger partial charge in [0.2, 0.25) is 0 Å². The summed E-state index contributed by atoms with van der Waals surface area (Å²) in [6.07, 6.45) is 0. The van der Waals surface area contributed by atoms with Gasteiger partial charge in [0.15, 0.2) is 0 Å². The molecular weight excluding hydrogens is 232 g/mol. The molecule has 0 saturated heterocycles. The molecule has 4 N–H and O–H groups in total. The Bertz CT molecular complexity index is 714. The number of benzene rings is 1. The van der Waals surface area contributed by atoms with Gasteiger partial charge in [-0.25, -0.2) is 4.63 Å². The third-order valence-corrected chi connectivity index (χ3v) is 2.99. The Morgan fingerprint density at radius 3 is 3.00 bits per heavy atom. The number of nitrogens with two attached hydrogens (primary N) is 1. The van der Waals surface area contributed by atoms with Gasteiger partial charge in [-0.2, -0.15) is 0 Å². The maximum absolute atomic E-state index is 9.82. The monoisotopic (exact) mass is 244 g/mol. The molecule has 3 aromatic rings. The maximum Gasteiger partial charge on any atom is 0.142 e. The fraction of sp³-hybridized carbons (Fsp3) is 0.167. The minimum atomic E-state index is 0.201. The number of nitrogens with one attached hydrogen (secondary N) is 1. The van der Waals surface area contributed by atoms with E-state index in [1.165, 1.54) is 0 Å². The van der Waals surface area contributed by atoms with Gasteiger partial charge in [-0.3, -0.25) is 0 Å². The van der Waals surface area contributed by atoms with Crippen molar-refractivity contribution >= 4 is 10.9 Å². The summed E-state index contributed by atoms with van der Waals surface area (Å²) in [5, 5.41) is 18.4. The zero-order valence-corrected chi connectivity index (χ0v) is 9.77. The number of H-pyrrole nitrogens is 1. The SMILES string of the molecule is Cc1[nH]c2c(O)cccc2c1-c1nonc1CN. The van der Waals surface area contributed by atoms with Crippen LogP contribution in [0.4, 0.5) is 0 Å². The Kier molecular flexibility index (Phi) is 2.31. The number of aromatic nitrogens is 3. The number of hydrogen-bond donors (Lipinski definition) is 3. The lowest BCUT2D eigenvalue weighted by atomic mass is 10.1. The van der Waals surface area contributed by atoms with Gasteiger partial charge >= 0.3 is 0 Å². The van der Waals surface area contributed by atoms with Crippen molar-refractivity contribution < 1.29 is 9.74 Å². The van der Waals surface area contributed by atoms with Crippen LogP contribution in [0.5, 0.6) is 5.75 Å². The molecule has 0 spiro atoms. The average molecular weight is 244 g/mol. The third kappa shape index (κ3) is 1.39. The van der Waals surface area contributed by atoms with Gasteiger partial charge in [-0.05, 0) is 18.1 Å². The molecule has 0 aliphatic rings. The fourth-order valence-corrected chi connectivity index (χ4v) is 2.17. The minimum Gasteiger partial charge on any atom is -0.506 e. The molecular formula is C12H12N4O2. The molecule has 2 aromatic heterocycles. The number of aromatic amines is 1. The molecule has 0 radical (unpaired) electrons. The number of rotatable bonds is 2. The number of aromatic hydroxyl groups is 1. The molecule has 0 unspecified atom stereocenters. The zero-order valence-electron chi connectivity index (χ0n) is 9.77.